The lowest BCUT2D eigenvalue weighted by molar-refractivity contribution is -0.124. The fraction of sp³-hybridized carbons (Fsp3) is 0.500. The normalized spacial score (nSPS) is 16.1. The van der Waals surface area contributed by atoms with E-state index in [1.54, 1.807) is 12.1 Å². The molecule has 0 spiro atoms. The summed E-state index contributed by atoms with van der Waals surface area (Å²) in [6.07, 6.45) is 5.88. The Balaban J connectivity index is 1.77. The van der Waals surface area contributed by atoms with Crippen LogP contribution in [0.4, 0.5) is 0 Å². The Kier molecular flexibility index (Phi) is 5.76. The van der Waals surface area contributed by atoms with Crippen LogP contribution in [-0.4, -0.2) is 18.6 Å². The van der Waals surface area contributed by atoms with Crippen LogP contribution in [0.3, 0.4) is 0 Å². The van der Waals surface area contributed by atoms with Crippen LogP contribution >= 0.6 is 34.2 Å². The number of hydrogen-bond acceptors (Lipinski definition) is 2. The summed E-state index contributed by atoms with van der Waals surface area (Å²) in [7, 11) is 0. The Morgan fingerprint density at radius 1 is 1.37 bits per heavy atom. The molecule has 1 amide bonds. The molecule has 1 N–H and O–H groups in total. The van der Waals surface area contributed by atoms with Gasteiger partial charge in [0.1, 0.15) is 5.75 Å². The van der Waals surface area contributed by atoms with E-state index in [0.29, 0.717) is 16.8 Å². The third-order valence-corrected chi connectivity index (χ3v) is 4.77. The number of hydrogen-bond donors (Lipinski definition) is 1. The second-order valence-corrected chi connectivity index (χ2v) is 6.34. The lowest BCUT2D eigenvalue weighted by Crippen LogP contribution is -2.38. The van der Waals surface area contributed by atoms with Gasteiger partial charge in [0.2, 0.25) is 0 Å². The van der Waals surface area contributed by atoms with E-state index in [0.717, 1.165) is 16.4 Å². The molecule has 1 aromatic rings. The topological polar surface area (TPSA) is 38.3 Å². The molecule has 0 bridgehead atoms. The SMILES string of the molecule is O=C(COc1ccc(Cl)c(I)c1)NC1CCCCC1. The number of carbonyl (C=O) groups excluding carboxylic acids is 1. The van der Waals surface area contributed by atoms with Gasteiger partial charge in [-0.25, -0.2) is 0 Å². The molecule has 0 heterocycles. The lowest BCUT2D eigenvalue weighted by Gasteiger charge is -2.22. The number of amides is 1. The van der Waals surface area contributed by atoms with E-state index < -0.39 is 0 Å². The van der Waals surface area contributed by atoms with E-state index in [2.05, 4.69) is 27.9 Å². The summed E-state index contributed by atoms with van der Waals surface area (Å²) >= 11 is 8.07. The van der Waals surface area contributed by atoms with Gasteiger partial charge in [-0.3, -0.25) is 4.79 Å². The Morgan fingerprint density at radius 3 is 2.79 bits per heavy atom. The minimum atomic E-state index is -0.0446. The Labute approximate surface area is 132 Å². The van der Waals surface area contributed by atoms with Crippen molar-refractivity contribution in [3.8, 4) is 5.75 Å². The molecule has 2 rings (SSSR count). The number of benzene rings is 1. The average Bonchev–Trinajstić information content (AvgIpc) is 2.41. The number of carbonyl (C=O) groups is 1. The second kappa shape index (κ2) is 7.33. The largest absolute Gasteiger partial charge is 0.484 e. The van der Waals surface area contributed by atoms with Crippen LogP contribution in [-0.2, 0) is 4.79 Å². The summed E-state index contributed by atoms with van der Waals surface area (Å²) in [6, 6.07) is 5.71. The van der Waals surface area contributed by atoms with Gasteiger partial charge in [-0.05, 0) is 53.6 Å². The van der Waals surface area contributed by atoms with Crippen molar-refractivity contribution in [2.24, 2.45) is 0 Å². The Hall–Kier alpha value is -0.490. The lowest BCUT2D eigenvalue weighted by atomic mass is 9.95. The number of ether oxygens (including phenoxy) is 1. The van der Waals surface area contributed by atoms with Crippen LogP contribution in [0.5, 0.6) is 5.75 Å². The van der Waals surface area contributed by atoms with E-state index in [-0.39, 0.29) is 12.5 Å². The van der Waals surface area contributed by atoms with Crippen LogP contribution in [0.1, 0.15) is 32.1 Å². The molecule has 1 aliphatic carbocycles. The zero-order chi connectivity index (χ0) is 13.7. The smallest absolute Gasteiger partial charge is 0.258 e. The summed E-state index contributed by atoms with van der Waals surface area (Å²) in [4.78, 5) is 11.8. The van der Waals surface area contributed by atoms with Crippen LogP contribution in [0.2, 0.25) is 5.02 Å². The van der Waals surface area contributed by atoms with Gasteiger partial charge in [-0.1, -0.05) is 30.9 Å². The molecule has 0 saturated heterocycles. The first kappa shape index (κ1) is 14.9. The van der Waals surface area contributed by atoms with Crippen LogP contribution in [0.15, 0.2) is 18.2 Å². The van der Waals surface area contributed by atoms with Crippen molar-refractivity contribution in [3.63, 3.8) is 0 Å². The molecule has 0 aromatic heterocycles. The minimum Gasteiger partial charge on any atom is -0.484 e. The fourth-order valence-corrected chi connectivity index (χ4v) is 2.84. The van der Waals surface area contributed by atoms with Gasteiger partial charge in [0.25, 0.3) is 5.91 Å². The van der Waals surface area contributed by atoms with Crippen LogP contribution in [0.25, 0.3) is 0 Å². The maximum absolute atomic E-state index is 11.8. The molecular formula is C14H17ClINO2. The number of rotatable bonds is 4. The highest BCUT2D eigenvalue weighted by Gasteiger charge is 2.15. The highest BCUT2D eigenvalue weighted by molar-refractivity contribution is 14.1. The highest BCUT2D eigenvalue weighted by Crippen LogP contribution is 2.23. The average molecular weight is 394 g/mol. The van der Waals surface area contributed by atoms with Gasteiger partial charge in [0.05, 0.1) is 5.02 Å². The zero-order valence-electron chi connectivity index (χ0n) is 10.6. The van der Waals surface area contributed by atoms with Gasteiger partial charge >= 0.3 is 0 Å². The molecule has 104 valence electrons. The molecule has 1 fully saturated rings. The highest BCUT2D eigenvalue weighted by atomic mass is 127. The first-order chi connectivity index (χ1) is 9.15. The Morgan fingerprint density at radius 2 is 2.11 bits per heavy atom. The van der Waals surface area contributed by atoms with Crippen molar-refractivity contribution < 1.29 is 9.53 Å². The van der Waals surface area contributed by atoms with Gasteiger partial charge in [0.15, 0.2) is 6.61 Å². The Bertz CT molecular complexity index is 447. The minimum absolute atomic E-state index is 0.0446. The van der Waals surface area contributed by atoms with Gasteiger partial charge < -0.3 is 10.1 Å². The molecule has 5 heteroatoms. The van der Waals surface area contributed by atoms with Crippen molar-refractivity contribution in [1.82, 2.24) is 5.32 Å². The molecule has 0 unspecified atom stereocenters. The third-order valence-electron chi connectivity index (χ3n) is 3.23. The molecule has 1 aromatic carbocycles. The number of nitrogens with one attached hydrogen (secondary N) is 1. The predicted molar refractivity (Wildman–Crippen MR) is 84.7 cm³/mol. The summed E-state index contributed by atoms with van der Waals surface area (Å²) in [5.41, 5.74) is 0. The van der Waals surface area contributed by atoms with Gasteiger partial charge in [-0.2, -0.15) is 0 Å². The van der Waals surface area contributed by atoms with Crippen LogP contribution in [0, 0.1) is 3.57 Å². The summed E-state index contributed by atoms with van der Waals surface area (Å²) in [5.74, 6) is 0.629. The monoisotopic (exact) mass is 393 g/mol. The zero-order valence-corrected chi connectivity index (χ0v) is 13.5. The molecule has 0 atom stereocenters. The summed E-state index contributed by atoms with van der Waals surface area (Å²) in [6.45, 7) is 0.0637. The first-order valence-electron chi connectivity index (χ1n) is 6.52. The van der Waals surface area contributed by atoms with Crippen molar-refractivity contribution in [2.75, 3.05) is 6.61 Å². The van der Waals surface area contributed by atoms with E-state index in [9.17, 15) is 4.79 Å². The maximum Gasteiger partial charge on any atom is 0.258 e. The molecule has 19 heavy (non-hydrogen) atoms. The van der Waals surface area contributed by atoms with Gasteiger partial charge in [0, 0.05) is 9.61 Å². The molecule has 0 radical (unpaired) electrons. The van der Waals surface area contributed by atoms with Crippen molar-refractivity contribution in [1.29, 1.82) is 0 Å². The molecule has 1 aliphatic rings. The number of halogens is 2. The third kappa shape index (κ3) is 4.84. The van der Waals surface area contributed by atoms with E-state index in [1.807, 2.05) is 6.07 Å². The second-order valence-electron chi connectivity index (χ2n) is 4.77. The molecular weight excluding hydrogens is 377 g/mol. The van der Waals surface area contributed by atoms with Gasteiger partial charge in [-0.15, -0.1) is 0 Å². The van der Waals surface area contributed by atoms with Crippen molar-refractivity contribution in [2.45, 2.75) is 38.1 Å². The first-order valence-corrected chi connectivity index (χ1v) is 7.98. The quantitative estimate of drug-likeness (QED) is 0.791. The predicted octanol–water partition coefficient (Wildman–Crippen LogP) is 3.77. The molecule has 0 aliphatic heterocycles. The maximum atomic E-state index is 11.8. The van der Waals surface area contributed by atoms with Crippen molar-refractivity contribution in [3.05, 3.63) is 26.8 Å². The van der Waals surface area contributed by atoms with E-state index in [4.69, 9.17) is 16.3 Å². The van der Waals surface area contributed by atoms with Crippen LogP contribution < -0.4 is 10.1 Å². The van der Waals surface area contributed by atoms with E-state index in [1.165, 1.54) is 19.3 Å². The fourth-order valence-electron chi connectivity index (χ4n) is 2.23. The summed E-state index contributed by atoms with van der Waals surface area (Å²) in [5, 5.41) is 3.72. The summed E-state index contributed by atoms with van der Waals surface area (Å²) < 4.78 is 6.39. The van der Waals surface area contributed by atoms with E-state index >= 15 is 0 Å². The molecule has 3 nitrogen and oxygen atoms in total. The molecule has 1 saturated carbocycles. The van der Waals surface area contributed by atoms with Crippen molar-refractivity contribution >= 4 is 40.1 Å². The standard InChI is InChI=1S/C14H17ClINO2/c15-12-7-6-11(8-13(12)16)19-9-14(18)17-10-4-2-1-3-5-10/h6-8,10H,1-5,9H2,(H,17,18).